The Bertz CT molecular complexity index is 1050. The second-order valence-electron chi connectivity index (χ2n) is 8.31. The van der Waals surface area contributed by atoms with Crippen LogP contribution in [-0.2, 0) is 9.53 Å². The topological polar surface area (TPSA) is 84.9 Å². The number of fused-ring (bicyclic) bond motifs is 1. The van der Waals surface area contributed by atoms with E-state index in [0.717, 1.165) is 6.07 Å². The van der Waals surface area contributed by atoms with Gasteiger partial charge in [0.2, 0.25) is 5.88 Å². The number of benzene rings is 1. The minimum atomic E-state index is -1.02. The molecular formula is C22H22F2N4O4. The highest BCUT2D eigenvalue weighted by Crippen LogP contribution is 2.47. The van der Waals surface area contributed by atoms with E-state index < -0.39 is 29.5 Å². The number of amides is 2. The number of aromatic nitrogens is 2. The largest absolute Gasteiger partial charge is 0.480 e. The van der Waals surface area contributed by atoms with Gasteiger partial charge in [-0.2, -0.15) is 0 Å². The van der Waals surface area contributed by atoms with Crippen molar-refractivity contribution < 1.29 is 27.8 Å². The smallest absolute Gasteiger partial charge is 0.274 e. The molecule has 2 aromatic rings. The molecule has 32 heavy (non-hydrogen) atoms. The van der Waals surface area contributed by atoms with Gasteiger partial charge in [-0.1, -0.05) is 0 Å². The molecule has 1 spiro atoms. The number of carbonyl (C=O) groups is 2. The first-order valence-corrected chi connectivity index (χ1v) is 10.5. The van der Waals surface area contributed by atoms with Gasteiger partial charge in [0.05, 0.1) is 25.5 Å². The summed E-state index contributed by atoms with van der Waals surface area (Å²) in [6, 6.07) is 2.93. The molecule has 3 aliphatic heterocycles. The first-order valence-electron chi connectivity index (χ1n) is 10.5. The fourth-order valence-electron chi connectivity index (χ4n) is 4.92. The van der Waals surface area contributed by atoms with Crippen molar-refractivity contribution in [2.75, 3.05) is 20.2 Å². The number of methoxy groups -OCH3 is 1. The zero-order chi connectivity index (χ0) is 22.5. The van der Waals surface area contributed by atoms with Gasteiger partial charge < -0.3 is 19.3 Å². The third-order valence-corrected chi connectivity index (χ3v) is 6.49. The normalized spacial score (nSPS) is 24.2. The number of halogens is 2. The molecule has 3 aliphatic rings. The number of rotatable bonds is 3. The van der Waals surface area contributed by atoms with Crippen molar-refractivity contribution in [2.45, 2.75) is 43.6 Å². The highest BCUT2D eigenvalue weighted by molar-refractivity contribution is 5.93. The van der Waals surface area contributed by atoms with Crippen LogP contribution in [0.2, 0.25) is 0 Å². The number of carbonyl (C=O) groups excluding carboxylic acids is 2. The van der Waals surface area contributed by atoms with Crippen LogP contribution in [0.15, 0.2) is 30.6 Å². The third kappa shape index (κ3) is 3.38. The van der Waals surface area contributed by atoms with Gasteiger partial charge in [0.1, 0.15) is 17.9 Å². The molecule has 0 N–H and O–H groups in total. The molecule has 5 rings (SSSR count). The van der Waals surface area contributed by atoms with Crippen molar-refractivity contribution >= 4 is 11.8 Å². The second-order valence-corrected chi connectivity index (χ2v) is 8.31. The molecule has 0 bridgehead atoms. The van der Waals surface area contributed by atoms with E-state index in [-0.39, 0.29) is 23.4 Å². The zero-order valence-electron chi connectivity index (χ0n) is 17.5. The van der Waals surface area contributed by atoms with E-state index in [1.807, 2.05) is 0 Å². The molecule has 2 amide bonds. The molecule has 10 heteroatoms. The molecule has 0 unspecified atom stereocenters. The first kappa shape index (κ1) is 20.7. The lowest BCUT2D eigenvalue weighted by atomic mass is 9.89. The molecule has 1 aromatic carbocycles. The Balaban J connectivity index is 1.30. The lowest BCUT2D eigenvalue weighted by molar-refractivity contribution is -0.142. The van der Waals surface area contributed by atoms with Gasteiger partial charge in [-0.3, -0.25) is 14.6 Å². The standard InChI is InChI=1S/C22H22F2N4O4/c1-31-18-12-25-11-16(26-18)20(29)27-6-4-22(5-7-27)21(30)28-17(2-3-19(28)32-22)13-8-14(23)10-15(24)9-13/h8-12,17,19H,2-7H2,1H3/t17-,19+/m0/s1. The van der Waals surface area contributed by atoms with Crippen molar-refractivity contribution in [3.63, 3.8) is 0 Å². The number of ether oxygens (including phenoxy) is 2. The Morgan fingerprint density at radius 3 is 2.56 bits per heavy atom. The van der Waals surface area contributed by atoms with Crippen molar-refractivity contribution in [3.8, 4) is 5.88 Å². The van der Waals surface area contributed by atoms with Crippen molar-refractivity contribution in [2.24, 2.45) is 0 Å². The Morgan fingerprint density at radius 1 is 1.16 bits per heavy atom. The highest BCUT2D eigenvalue weighted by atomic mass is 19.1. The van der Waals surface area contributed by atoms with Crippen LogP contribution in [0.3, 0.4) is 0 Å². The molecule has 0 aliphatic carbocycles. The molecule has 4 heterocycles. The van der Waals surface area contributed by atoms with E-state index in [9.17, 15) is 18.4 Å². The lowest BCUT2D eigenvalue weighted by Gasteiger charge is -2.37. The summed E-state index contributed by atoms with van der Waals surface area (Å²) >= 11 is 0. The van der Waals surface area contributed by atoms with E-state index in [4.69, 9.17) is 9.47 Å². The van der Waals surface area contributed by atoms with E-state index in [1.165, 1.54) is 31.6 Å². The summed E-state index contributed by atoms with van der Waals surface area (Å²) in [4.78, 5) is 37.6. The van der Waals surface area contributed by atoms with Crippen LogP contribution in [0, 0.1) is 11.6 Å². The van der Waals surface area contributed by atoms with E-state index in [0.29, 0.717) is 44.3 Å². The van der Waals surface area contributed by atoms with Crippen LogP contribution >= 0.6 is 0 Å². The summed E-state index contributed by atoms with van der Waals surface area (Å²) in [7, 11) is 1.45. The minimum absolute atomic E-state index is 0.174. The third-order valence-electron chi connectivity index (χ3n) is 6.49. The predicted molar refractivity (Wildman–Crippen MR) is 107 cm³/mol. The van der Waals surface area contributed by atoms with Crippen molar-refractivity contribution in [1.82, 2.24) is 19.8 Å². The van der Waals surface area contributed by atoms with E-state index >= 15 is 0 Å². The van der Waals surface area contributed by atoms with Crippen LogP contribution in [0.5, 0.6) is 5.88 Å². The summed E-state index contributed by atoms with van der Waals surface area (Å²) in [5, 5.41) is 0. The van der Waals surface area contributed by atoms with Crippen LogP contribution in [-0.4, -0.2) is 63.6 Å². The van der Waals surface area contributed by atoms with Crippen LogP contribution in [0.25, 0.3) is 0 Å². The van der Waals surface area contributed by atoms with Gasteiger partial charge in [-0.25, -0.2) is 13.8 Å². The molecule has 3 fully saturated rings. The molecule has 0 radical (unpaired) electrons. The maximum Gasteiger partial charge on any atom is 0.274 e. The van der Waals surface area contributed by atoms with E-state index in [1.54, 1.807) is 9.80 Å². The van der Waals surface area contributed by atoms with Gasteiger partial charge in [-0.15, -0.1) is 0 Å². The first-order chi connectivity index (χ1) is 15.4. The fourth-order valence-corrected chi connectivity index (χ4v) is 4.92. The monoisotopic (exact) mass is 444 g/mol. The van der Waals surface area contributed by atoms with Gasteiger partial charge in [0.15, 0.2) is 11.3 Å². The van der Waals surface area contributed by atoms with Gasteiger partial charge in [-0.05, 0) is 30.5 Å². The number of piperidine rings is 1. The number of nitrogens with zero attached hydrogens (tertiary/aromatic N) is 4. The van der Waals surface area contributed by atoms with Crippen LogP contribution in [0.1, 0.15) is 47.8 Å². The SMILES string of the molecule is COc1cncc(C(=O)N2CCC3(CC2)O[C@@H]2CC[C@@H](c4cc(F)cc(F)c4)N2C3=O)n1. The molecule has 3 saturated heterocycles. The summed E-state index contributed by atoms with van der Waals surface area (Å²) in [6.07, 6.45) is 4.22. The Hall–Kier alpha value is -3.14. The quantitative estimate of drug-likeness (QED) is 0.723. The predicted octanol–water partition coefficient (Wildman–Crippen LogP) is 2.46. The molecule has 8 nitrogen and oxygen atoms in total. The molecular weight excluding hydrogens is 422 g/mol. The average molecular weight is 444 g/mol. The van der Waals surface area contributed by atoms with E-state index in [2.05, 4.69) is 9.97 Å². The Morgan fingerprint density at radius 2 is 1.88 bits per heavy atom. The lowest BCUT2D eigenvalue weighted by Crippen LogP contribution is -2.51. The summed E-state index contributed by atoms with van der Waals surface area (Å²) < 4.78 is 38.7. The maximum absolute atomic E-state index is 13.7. The van der Waals surface area contributed by atoms with Gasteiger partial charge in [0, 0.05) is 32.0 Å². The second kappa shape index (κ2) is 7.77. The Kier molecular flexibility index (Phi) is 5.04. The maximum atomic E-state index is 13.7. The van der Waals surface area contributed by atoms with Crippen LogP contribution in [0.4, 0.5) is 8.78 Å². The molecule has 1 aromatic heterocycles. The van der Waals surface area contributed by atoms with Crippen molar-refractivity contribution in [1.29, 1.82) is 0 Å². The highest BCUT2D eigenvalue weighted by Gasteiger charge is 2.58. The summed E-state index contributed by atoms with van der Waals surface area (Å²) in [6.45, 7) is 0.645. The zero-order valence-corrected chi connectivity index (χ0v) is 17.5. The molecule has 2 atom stereocenters. The molecule has 168 valence electrons. The summed E-state index contributed by atoms with van der Waals surface area (Å²) in [5.41, 5.74) is -0.414. The van der Waals surface area contributed by atoms with Crippen LogP contribution < -0.4 is 4.74 Å². The minimum Gasteiger partial charge on any atom is -0.480 e. The van der Waals surface area contributed by atoms with Gasteiger partial charge >= 0.3 is 0 Å². The summed E-state index contributed by atoms with van der Waals surface area (Å²) in [5.74, 6) is -1.55. The fraction of sp³-hybridized carbons (Fsp3) is 0.455. The van der Waals surface area contributed by atoms with Gasteiger partial charge in [0.25, 0.3) is 11.8 Å². The molecule has 0 saturated carbocycles. The average Bonchev–Trinajstić information content (AvgIpc) is 3.31. The number of hydrogen-bond donors (Lipinski definition) is 0. The number of likely N-dealkylation sites (tertiary alicyclic amines) is 1. The number of hydrogen-bond acceptors (Lipinski definition) is 6. The van der Waals surface area contributed by atoms with Crippen molar-refractivity contribution in [3.05, 3.63) is 53.5 Å². The Labute approximate surface area is 183 Å².